The summed E-state index contributed by atoms with van der Waals surface area (Å²) in [4.78, 5) is 37.5. The Morgan fingerprint density at radius 3 is 2.25 bits per heavy atom. The van der Waals surface area contributed by atoms with Gasteiger partial charge in [-0.3, -0.25) is 19.6 Å². The van der Waals surface area contributed by atoms with Gasteiger partial charge in [0.2, 0.25) is 0 Å². The van der Waals surface area contributed by atoms with E-state index in [0.29, 0.717) is 5.56 Å². The maximum Gasteiger partial charge on any atom is 0.278 e. The highest BCUT2D eigenvalue weighted by molar-refractivity contribution is 6.12. The van der Waals surface area contributed by atoms with E-state index in [-0.39, 0.29) is 12.2 Å². The molecule has 0 saturated carbocycles. The van der Waals surface area contributed by atoms with Gasteiger partial charge in [-0.05, 0) is 31.2 Å². The molecule has 3 amide bonds. The van der Waals surface area contributed by atoms with Gasteiger partial charge in [0.25, 0.3) is 17.7 Å². The second-order valence-corrected chi connectivity index (χ2v) is 4.99. The molecule has 1 rings (SSSR count). The van der Waals surface area contributed by atoms with E-state index in [4.69, 9.17) is 10.3 Å². The Morgan fingerprint density at radius 2 is 1.79 bits per heavy atom. The fraction of sp³-hybridized carbons (Fsp3) is 0.312. The lowest BCUT2D eigenvalue weighted by molar-refractivity contribution is -0.148. The summed E-state index contributed by atoms with van der Waals surface area (Å²) in [6.07, 6.45) is 0. The van der Waals surface area contributed by atoms with Crippen LogP contribution in [0.25, 0.3) is 0 Å². The van der Waals surface area contributed by atoms with Crippen molar-refractivity contribution >= 4 is 17.7 Å². The van der Waals surface area contributed by atoms with Crippen LogP contribution < -0.4 is 10.8 Å². The van der Waals surface area contributed by atoms with Crippen LogP contribution in [0.1, 0.15) is 22.8 Å². The molecule has 128 valence electrons. The number of hydrogen-bond donors (Lipinski definition) is 4. The maximum atomic E-state index is 12.6. The molecule has 8 nitrogen and oxygen atoms in total. The molecule has 1 atom stereocenters. The van der Waals surface area contributed by atoms with Gasteiger partial charge >= 0.3 is 0 Å². The lowest BCUT2D eigenvalue weighted by Gasteiger charge is -2.34. The number of aliphatic hydroxyl groups excluding tert-OH is 1. The molecule has 0 radical (unpaired) electrons. The van der Waals surface area contributed by atoms with Crippen LogP contribution >= 0.6 is 0 Å². The van der Waals surface area contributed by atoms with E-state index in [9.17, 15) is 14.4 Å². The topological polar surface area (TPSA) is 119 Å². The standard InChI is InChI=1S/C16H19N3O5/c1-16(14(22)17-2,15(23)18-24)19(3)13(21)12-8-6-11(7-9-12)5-4-10-20/h6-9,20,24H,10H2,1-3H3,(H,17,22)(H,18,23). The highest BCUT2D eigenvalue weighted by Crippen LogP contribution is 2.18. The third-order valence-electron chi connectivity index (χ3n) is 3.63. The summed E-state index contributed by atoms with van der Waals surface area (Å²) in [7, 11) is 2.60. The average molecular weight is 333 g/mol. The first-order valence-corrected chi connectivity index (χ1v) is 6.97. The SMILES string of the molecule is CNC(=O)C(C)(C(=O)NO)N(C)C(=O)c1ccc(C#CCO)cc1. The molecule has 0 spiro atoms. The number of carbonyl (C=O) groups is 3. The first kappa shape index (κ1) is 19.2. The Bertz CT molecular complexity index is 672. The second-order valence-electron chi connectivity index (χ2n) is 4.99. The van der Waals surface area contributed by atoms with Gasteiger partial charge in [-0.2, -0.15) is 0 Å². The zero-order valence-electron chi connectivity index (χ0n) is 13.6. The van der Waals surface area contributed by atoms with E-state index in [1.54, 1.807) is 12.1 Å². The summed E-state index contributed by atoms with van der Waals surface area (Å²) < 4.78 is 0. The molecule has 0 heterocycles. The van der Waals surface area contributed by atoms with Crippen molar-refractivity contribution in [3.05, 3.63) is 35.4 Å². The smallest absolute Gasteiger partial charge is 0.278 e. The minimum absolute atomic E-state index is 0.230. The first-order valence-electron chi connectivity index (χ1n) is 6.97. The van der Waals surface area contributed by atoms with Crippen molar-refractivity contribution < 1.29 is 24.7 Å². The number of benzene rings is 1. The molecular weight excluding hydrogens is 314 g/mol. The molecule has 0 bridgehead atoms. The van der Waals surface area contributed by atoms with E-state index in [1.165, 1.54) is 38.6 Å². The third kappa shape index (κ3) is 3.71. The molecule has 1 aromatic carbocycles. The minimum Gasteiger partial charge on any atom is -0.384 e. The molecule has 0 aliphatic heterocycles. The van der Waals surface area contributed by atoms with Crippen molar-refractivity contribution in [1.82, 2.24) is 15.7 Å². The number of likely N-dealkylation sites (N-methyl/N-ethyl adjacent to an activating group) is 2. The summed E-state index contributed by atoms with van der Waals surface area (Å²) in [5, 5.41) is 19.8. The van der Waals surface area contributed by atoms with Crippen LogP contribution in [0.5, 0.6) is 0 Å². The molecule has 0 aliphatic rings. The van der Waals surface area contributed by atoms with Gasteiger partial charge in [-0.15, -0.1) is 0 Å². The van der Waals surface area contributed by atoms with E-state index < -0.39 is 23.3 Å². The van der Waals surface area contributed by atoms with Gasteiger partial charge in [-0.1, -0.05) is 11.8 Å². The van der Waals surface area contributed by atoms with E-state index in [1.807, 2.05) is 0 Å². The van der Waals surface area contributed by atoms with E-state index >= 15 is 0 Å². The van der Waals surface area contributed by atoms with Crippen molar-refractivity contribution in [3.8, 4) is 11.8 Å². The molecular formula is C16H19N3O5. The number of carbonyl (C=O) groups excluding carboxylic acids is 3. The molecule has 24 heavy (non-hydrogen) atoms. The number of aliphatic hydroxyl groups is 1. The lowest BCUT2D eigenvalue weighted by atomic mass is 9.96. The van der Waals surface area contributed by atoms with Gasteiger partial charge in [0.05, 0.1) is 0 Å². The molecule has 0 aliphatic carbocycles. The van der Waals surface area contributed by atoms with Crippen LogP contribution in [0.4, 0.5) is 0 Å². The van der Waals surface area contributed by atoms with Gasteiger partial charge in [0, 0.05) is 25.2 Å². The number of amides is 3. The largest absolute Gasteiger partial charge is 0.384 e. The Balaban J connectivity index is 3.15. The molecule has 4 N–H and O–H groups in total. The number of nitrogens with zero attached hydrogens (tertiary/aromatic N) is 1. The zero-order chi connectivity index (χ0) is 18.3. The monoisotopic (exact) mass is 333 g/mol. The number of nitrogens with one attached hydrogen (secondary N) is 2. The summed E-state index contributed by atoms with van der Waals surface area (Å²) >= 11 is 0. The van der Waals surface area contributed by atoms with Crippen LogP contribution in [-0.2, 0) is 9.59 Å². The van der Waals surface area contributed by atoms with E-state index in [0.717, 1.165) is 4.90 Å². The molecule has 1 unspecified atom stereocenters. The minimum atomic E-state index is -1.93. The van der Waals surface area contributed by atoms with Crippen LogP contribution in [0.3, 0.4) is 0 Å². The van der Waals surface area contributed by atoms with Crippen molar-refractivity contribution in [2.45, 2.75) is 12.5 Å². The van der Waals surface area contributed by atoms with Crippen LogP contribution in [0.15, 0.2) is 24.3 Å². The van der Waals surface area contributed by atoms with Crippen LogP contribution in [-0.4, -0.2) is 59.2 Å². The fourth-order valence-electron chi connectivity index (χ4n) is 1.99. The number of rotatable bonds is 4. The highest BCUT2D eigenvalue weighted by atomic mass is 16.5. The van der Waals surface area contributed by atoms with Gasteiger partial charge in [-0.25, -0.2) is 5.48 Å². The number of hydroxylamine groups is 1. The highest BCUT2D eigenvalue weighted by Gasteiger charge is 2.47. The average Bonchev–Trinajstić information content (AvgIpc) is 2.63. The Kier molecular flexibility index (Phi) is 6.47. The Hall–Kier alpha value is -2.89. The van der Waals surface area contributed by atoms with Gasteiger partial charge in [0.15, 0.2) is 5.54 Å². The lowest BCUT2D eigenvalue weighted by Crippen LogP contribution is -2.64. The van der Waals surface area contributed by atoms with Crippen LogP contribution in [0.2, 0.25) is 0 Å². The Labute approximate surface area is 139 Å². The predicted molar refractivity (Wildman–Crippen MR) is 84.9 cm³/mol. The fourth-order valence-corrected chi connectivity index (χ4v) is 1.99. The summed E-state index contributed by atoms with van der Waals surface area (Å²) in [5.41, 5.74) is 0.302. The van der Waals surface area contributed by atoms with Crippen molar-refractivity contribution in [3.63, 3.8) is 0 Å². The van der Waals surface area contributed by atoms with Crippen LogP contribution in [0, 0.1) is 11.8 Å². The predicted octanol–water partition coefficient (Wildman–Crippen LogP) is -0.887. The summed E-state index contributed by atoms with van der Waals surface area (Å²) in [6.45, 7) is 0.945. The van der Waals surface area contributed by atoms with Gasteiger partial charge < -0.3 is 15.3 Å². The molecule has 0 aromatic heterocycles. The molecule has 1 aromatic rings. The zero-order valence-corrected chi connectivity index (χ0v) is 13.6. The van der Waals surface area contributed by atoms with Gasteiger partial charge in [0.1, 0.15) is 6.61 Å². The first-order chi connectivity index (χ1) is 11.3. The van der Waals surface area contributed by atoms with E-state index in [2.05, 4.69) is 17.2 Å². The maximum absolute atomic E-state index is 12.6. The molecule has 8 heteroatoms. The summed E-state index contributed by atoms with van der Waals surface area (Å²) in [5.74, 6) is 2.79. The third-order valence-corrected chi connectivity index (χ3v) is 3.63. The van der Waals surface area contributed by atoms with Crippen molar-refractivity contribution in [1.29, 1.82) is 0 Å². The number of hydrogen-bond acceptors (Lipinski definition) is 5. The summed E-state index contributed by atoms with van der Waals surface area (Å²) in [6, 6.07) is 6.13. The second kappa shape index (κ2) is 8.10. The Morgan fingerprint density at radius 1 is 1.21 bits per heavy atom. The van der Waals surface area contributed by atoms with Crippen molar-refractivity contribution in [2.24, 2.45) is 0 Å². The quantitative estimate of drug-likeness (QED) is 0.247. The normalized spacial score (nSPS) is 12.2. The van der Waals surface area contributed by atoms with Crippen molar-refractivity contribution in [2.75, 3.05) is 20.7 Å². The molecule has 0 saturated heterocycles. The molecule has 0 fully saturated rings.